The van der Waals surface area contributed by atoms with Gasteiger partial charge in [0.25, 0.3) is 0 Å². The molecule has 3 rings (SSSR count). The van der Waals surface area contributed by atoms with E-state index in [9.17, 15) is 5.11 Å². The fraction of sp³-hybridized carbons (Fsp3) is 0.800. The molecule has 0 atom stereocenters. The van der Waals surface area contributed by atoms with Crippen molar-refractivity contribution in [2.45, 2.75) is 63.6 Å². The fourth-order valence-corrected chi connectivity index (χ4v) is 3.31. The number of imidazole rings is 1. The van der Waals surface area contributed by atoms with Gasteiger partial charge in [-0.1, -0.05) is 19.3 Å². The van der Waals surface area contributed by atoms with Crippen molar-refractivity contribution < 1.29 is 5.11 Å². The molecule has 2 saturated carbocycles. The van der Waals surface area contributed by atoms with Gasteiger partial charge in [-0.15, -0.1) is 0 Å². The molecule has 1 aromatic heterocycles. The van der Waals surface area contributed by atoms with E-state index in [4.69, 9.17) is 0 Å². The van der Waals surface area contributed by atoms with Gasteiger partial charge in [0.2, 0.25) is 0 Å². The Bertz CT molecular complexity index is 394. The highest BCUT2D eigenvalue weighted by Crippen LogP contribution is 2.36. The van der Waals surface area contributed by atoms with Crippen molar-refractivity contribution in [1.29, 1.82) is 0 Å². The van der Waals surface area contributed by atoms with Crippen LogP contribution in [-0.4, -0.2) is 38.8 Å². The first-order valence-corrected chi connectivity index (χ1v) is 7.74. The number of nitrogens with zero attached hydrogens (tertiary/aromatic N) is 3. The van der Waals surface area contributed by atoms with Crippen LogP contribution in [0.25, 0.3) is 0 Å². The average molecular weight is 263 g/mol. The Morgan fingerprint density at radius 3 is 2.68 bits per heavy atom. The third kappa shape index (κ3) is 3.18. The van der Waals surface area contributed by atoms with Crippen molar-refractivity contribution in [2.24, 2.45) is 0 Å². The minimum absolute atomic E-state index is 0.258. The molecule has 0 spiro atoms. The van der Waals surface area contributed by atoms with E-state index in [0.717, 1.165) is 13.1 Å². The van der Waals surface area contributed by atoms with Crippen molar-refractivity contribution in [1.82, 2.24) is 14.5 Å². The molecule has 1 aromatic rings. The van der Waals surface area contributed by atoms with E-state index in [2.05, 4.69) is 14.5 Å². The van der Waals surface area contributed by atoms with Crippen molar-refractivity contribution in [2.75, 3.05) is 13.2 Å². The van der Waals surface area contributed by atoms with Crippen LogP contribution in [0, 0.1) is 0 Å². The third-order valence-electron chi connectivity index (χ3n) is 4.53. The quantitative estimate of drug-likeness (QED) is 0.856. The second kappa shape index (κ2) is 6.06. The van der Waals surface area contributed by atoms with E-state index < -0.39 is 0 Å². The molecule has 2 fully saturated rings. The largest absolute Gasteiger partial charge is 0.395 e. The summed E-state index contributed by atoms with van der Waals surface area (Å²) in [7, 11) is 0. The SMILES string of the molecule is OCCN(Cc1cncn1C1CC1)C1CCCCC1. The van der Waals surface area contributed by atoms with Gasteiger partial charge in [0.1, 0.15) is 0 Å². The zero-order valence-corrected chi connectivity index (χ0v) is 11.7. The van der Waals surface area contributed by atoms with Gasteiger partial charge >= 0.3 is 0 Å². The van der Waals surface area contributed by atoms with Gasteiger partial charge in [0.15, 0.2) is 0 Å². The lowest BCUT2D eigenvalue weighted by atomic mass is 9.94. The van der Waals surface area contributed by atoms with Crippen LogP contribution in [0.1, 0.15) is 56.7 Å². The topological polar surface area (TPSA) is 41.3 Å². The lowest BCUT2D eigenvalue weighted by Crippen LogP contribution is -2.38. The normalized spacial score (nSPS) is 21.2. The Labute approximate surface area is 115 Å². The Morgan fingerprint density at radius 2 is 2.00 bits per heavy atom. The maximum absolute atomic E-state index is 9.32. The number of aliphatic hydroxyl groups excluding tert-OH is 1. The molecule has 19 heavy (non-hydrogen) atoms. The summed E-state index contributed by atoms with van der Waals surface area (Å²) in [5.41, 5.74) is 1.32. The van der Waals surface area contributed by atoms with Crippen LogP contribution >= 0.6 is 0 Å². The summed E-state index contributed by atoms with van der Waals surface area (Å²) in [5.74, 6) is 0. The summed E-state index contributed by atoms with van der Waals surface area (Å²) in [6, 6.07) is 1.35. The molecule has 1 heterocycles. The van der Waals surface area contributed by atoms with E-state index in [0.29, 0.717) is 12.1 Å². The summed E-state index contributed by atoms with van der Waals surface area (Å²) in [5, 5.41) is 9.32. The monoisotopic (exact) mass is 263 g/mol. The molecule has 0 amide bonds. The van der Waals surface area contributed by atoms with E-state index in [1.807, 2.05) is 12.5 Å². The van der Waals surface area contributed by atoms with Gasteiger partial charge in [-0.2, -0.15) is 0 Å². The maximum Gasteiger partial charge on any atom is 0.0951 e. The van der Waals surface area contributed by atoms with Crippen LogP contribution in [0.2, 0.25) is 0 Å². The molecule has 0 aromatic carbocycles. The number of hydrogen-bond donors (Lipinski definition) is 1. The molecule has 0 bridgehead atoms. The van der Waals surface area contributed by atoms with Gasteiger partial charge in [-0.25, -0.2) is 4.98 Å². The molecule has 0 radical (unpaired) electrons. The first-order chi connectivity index (χ1) is 9.38. The van der Waals surface area contributed by atoms with E-state index in [1.165, 1.54) is 50.6 Å². The maximum atomic E-state index is 9.32. The summed E-state index contributed by atoms with van der Waals surface area (Å²) in [4.78, 5) is 6.78. The second-order valence-electron chi connectivity index (χ2n) is 6.01. The number of hydrogen-bond acceptors (Lipinski definition) is 3. The van der Waals surface area contributed by atoms with Crippen LogP contribution in [0.5, 0.6) is 0 Å². The highest BCUT2D eigenvalue weighted by molar-refractivity contribution is 5.04. The van der Waals surface area contributed by atoms with Crippen molar-refractivity contribution in [3.63, 3.8) is 0 Å². The van der Waals surface area contributed by atoms with E-state index in [1.54, 1.807) is 0 Å². The number of aromatic nitrogens is 2. The van der Waals surface area contributed by atoms with Crippen LogP contribution < -0.4 is 0 Å². The lowest BCUT2D eigenvalue weighted by Gasteiger charge is -2.34. The zero-order valence-electron chi connectivity index (χ0n) is 11.7. The summed E-state index contributed by atoms with van der Waals surface area (Å²) < 4.78 is 2.34. The van der Waals surface area contributed by atoms with Gasteiger partial charge in [-0.3, -0.25) is 4.90 Å². The third-order valence-corrected chi connectivity index (χ3v) is 4.53. The van der Waals surface area contributed by atoms with Crippen molar-refractivity contribution in [3.8, 4) is 0 Å². The van der Waals surface area contributed by atoms with Crippen molar-refractivity contribution in [3.05, 3.63) is 18.2 Å². The van der Waals surface area contributed by atoms with E-state index in [-0.39, 0.29) is 6.61 Å². The molecule has 0 unspecified atom stereocenters. The smallest absolute Gasteiger partial charge is 0.0951 e. The molecule has 0 saturated heterocycles. The summed E-state index contributed by atoms with van der Waals surface area (Å²) in [6.07, 6.45) is 13.2. The Hall–Kier alpha value is -0.870. The highest BCUT2D eigenvalue weighted by Gasteiger charge is 2.27. The van der Waals surface area contributed by atoms with Gasteiger partial charge < -0.3 is 9.67 Å². The molecular formula is C15H25N3O. The molecule has 2 aliphatic rings. The van der Waals surface area contributed by atoms with Gasteiger partial charge in [0.05, 0.1) is 18.6 Å². The molecular weight excluding hydrogens is 238 g/mol. The summed E-state index contributed by atoms with van der Waals surface area (Å²) in [6.45, 7) is 2.00. The molecule has 1 N–H and O–H groups in total. The highest BCUT2D eigenvalue weighted by atomic mass is 16.3. The Kier molecular flexibility index (Phi) is 4.18. The van der Waals surface area contributed by atoms with Crippen molar-refractivity contribution >= 4 is 0 Å². The molecule has 4 heteroatoms. The number of rotatable bonds is 6. The van der Waals surface area contributed by atoms with Crippen LogP contribution in [0.15, 0.2) is 12.5 Å². The molecule has 106 valence electrons. The number of aliphatic hydroxyl groups is 1. The Balaban J connectivity index is 1.67. The minimum Gasteiger partial charge on any atom is -0.395 e. The average Bonchev–Trinajstić information content (AvgIpc) is 3.19. The second-order valence-corrected chi connectivity index (χ2v) is 6.01. The first kappa shape index (κ1) is 13.1. The van der Waals surface area contributed by atoms with Gasteiger partial charge in [-0.05, 0) is 25.7 Å². The van der Waals surface area contributed by atoms with E-state index >= 15 is 0 Å². The van der Waals surface area contributed by atoms with Crippen LogP contribution in [0.4, 0.5) is 0 Å². The fourth-order valence-electron chi connectivity index (χ4n) is 3.31. The van der Waals surface area contributed by atoms with Crippen LogP contribution in [0.3, 0.4) is 0 Å². The lowest BCUT2D eigenvalue weighted by molar-refractivity contribution is 0.114. The molecule has 2 aliphatic carbocycles. The van der Waals surface area contributed by atoms with Crippen LogP contribution in [-0.2, 0) is 6.54 Å². The Morgan fingerprint density at radius 1 is 1.21 bits per heavy atom. The predicted molar refractivity (Wildman–Crippen MR) is 74.9 cm³/mol. The standard InChI is InChI=1S/C15H25N3O/c19-9-8-17(13-4-2-1-3-5-13)11-15-10-16-12-18(15)14-6-7-14/h10,12-14,19H,1-9,11H2. The molecule has 4 nitrogen and oxygen atoms in total. The van der Waals surface area contributed by atoms with Gasteiger partial charge in [0, 0.05) is 31.4 Å². The zero-order chi connectivity index (χ0) is 13.1. The summed E-state index contributed by atoms with van der Waals surface area (Å²) >= 11 is 0. The molecule has 0 aliphatic heterocycles. The minimum atomic E-state index is 0.258. The predicted octanol–water partition coefficient (Wildman–Crippen LogP) is 2.34. The first-order valence-electron chi connectivity index (χ1n) is 7.74.